The Morgan fingerprint density at radius 2 is 1.51 bits per heavy atom. The maximum absolute atomic E-state index is 13.5. The molecule has 4 aromatic rings. The van der Waals surface area contributed by atoms with Crippen molar-refractivity contribution in [2.24, 2.45) is 10.7 Å². The smallest absolute Gasteiger partial charge is 0.433 e. The number of nitrogens with two attached hydrogens (primary N) is 1. The molecule has 0 spiro atoms. The summed E-state index contributed by atoms with van der Waals surface area (Å²) in [6, 6.07) is 30.8. The number of amides is 2. The van der Waals surface area contributed by atoms with E-state index in [9.17, 15) is 9.59 Å². The molecular formula is C32H32N4O5. The fourth-order valence-electron chi connectivity index (χ4n) is 4.09. The molecule has 0 saturated carbocycles. The van der Waals surface area contributed by atoms with Crippen molar-refractivity contribution in [1.82, 2.24) is 5.32 Å². The molecule has 0 fully saturated rings. The van der Waals surface area contributed by atoms with E-state index in [1.165, 1.54) is 0 Å². The molecule has 5 N–H and O–H groups in total. The van der Waals surface area contributed by atoms with Crippen LogP contribution in [0.3, 0.4) is 0 Å². The largest absolute Gasteiger partial charge is 0.490 e. The van der Waals surface area contributed by atoms with E-state index in [1.807, 2.05) is 73.7 Å². The van der Waals surface area contributed by atoms with E-state index < -0.39 is 12.1 Å². The highest BCUT2D eigenvalue weighted by Gasteiger charge is 2.23. The Morgan fingerprint density at radius 3 is 2.15 bits per heavy atom. The van der Waals surface area contributed by atoms with Gasteiger partial charge < -0.3 is 30.9 Å². The highest BCUT2D eigenvalue weighted by atomic mass is 16.5. The van der Waals surface area contributed by atoms with E-state index >= 15 is 0 Å². The number of amidine groups is 1. The molecule has 0 aliphatic heterocycles. The zero-order chi connectivity index (χ0) is 29.0. The van der Waals surface area contributed by atoms with Gasteiger partial charge in [0, 0.05) is 17.8 Å². The lowest BCUT2D eigenvalue weighted by molar-refractivity contribution is -0.122. The molecule has 1 unspecified atom stereocenters. The molecule has 0 bridgehead atoms. The first kappa shape index (κ1) is 28.7. The summed E-state index contributed by atoms with van der Waals surface area (Å²) in [7, 11) is 0. The monoisotopic (exact) mass is 552 g/mol. The summed E-state index contributed by atoms with van der Waals surface area (Å²) in [5, 5.41) is 15.2. The molecular weight excluding hydrogens is 520 g/mol. The quantitative estimate of drug-likeness (QED) is 0.134. The van der Waals surface area contributed by atoms with Gasteiger partial charge in [0.15, 0.2) is 11.5 Å². The third-order valence-electron chi connectivity index (χ3n) is 6.12. The Morgan fingerprint density at radius 1 is 0.854 bits per heavy atom. The predicted octanol–water partition coefficient (Wildman–Crippen LogP) is 5.52. The number of nitrogens with zero attached hydrogens (tertiary/aromatic N) is 1. The van der Waals surface area contributed by atoms with Gasteiger partial charge in [0.1, 0.15) is 18.5 Å². The molecule has 0 saturated heterocycles. The van der Waals surface area contributed by atoms with Crippen LogP contribution in [0.1, 0.15) is 35.2 Å². The Kier molecular flexibility index (Phi) is 9.92. The molecule has 0 heterocycles. The first-order valence-corrected chi connectivity index (χ1v) is 13.1. The molecule has 0 aliphatic carbocycles. The standard InChI is InChI=1S/C32H32N4O5/c1-2-40-28-19-25(15-18-27(28)41-21-23-11-7-4-8-12-23)29(31(37)34-20-22-9-5-3-6-10-22)35-26-16-13-24(14-17-26)30(33)36-32(38)39/h3-19,29,35H,2,20-21H2,1H3,(H2,33,36)(H,34,37)(H,38,39). The minimum atomic E-state index is -1.37. The number of hydrogen-bond acceptors (Lipinski definition) is 5. The van der Waals surface area contributed by atoms with Gasteiger partial charge in [-0.1, -0.05) is 66.7 Å². The highest BCUT2D eigenvalue weighted by Crippen LogP contribution is 2.33. The molecule has 0 aromatic heterocycles. The van der Waals surface area contributed by atoms with Crippen LogP contribution in [0.2, 0.25) is 0 Å². The lowest BCUT2D eigenvalue weighted by Crippen LogP contribution is -2.33. The van der Waals surface area contributed by atoms with Crippen LogP contribution in [0.5, 0.6) is 11.5 Å². The topological polar surface area (TPSA) is 135 Å². The van der Waals surface area contributed by atoms with Gasteiger partial charge in [-0.25, -0.2) is 4.79 Å². The molecule has 4 rings (SSSR count). The molecule has 0 aliphatic rings. The van der Waals surface area contributed by atoms with E-state index in [0.29, 0.717) is 48.1 Å². The van der Waals surface area contributed by atoms with Gasteiger partial charge in [0.05, 0.1) is 6.61 Å². The number of hydrogen-bond donors (Lipinski definition) is 4. The molecule has 210 valence electrons. The summed E-state index contributed by atoms with van der Waals surface area (Å²) >= 11 is 0. The second-order valence-corrected chi connectivity index (χ2v) is 9.05. The molecule has 0 radical (unpaired) electrons. The molecule has 41 heavy (non-hydrogen) atoms. The number of rotatable bonds is 12. The summed E-state index contributed by atoms with van der Waals surface area (Å²) in [4.78, 5) is 27.7. The van der Waals surface area contributed by atoms with Gasteiger partial charge >= 0.3 is 6.09 Å². The zero-order valence-corrected chi connectivity index (χ0v) is 22.6. The Hall–Kier alpha value is -5.31. The van der Waals surface area contributed by atoms with Gasteiger partial charge in [0.2, 0.25) is 5.91 Å². The number of carbonyl (C=O) groups excluding carboxylic acids is 1. The maximum atomic E-state index is 13.5. The Bertz CT molecular complexity index is 1480. The summed E-state index contributed by atoms with van der Waals surface area (Å²) in [5.74, 6) is 0.732. The number of nitrogens with one attached hydrogen (secondary N) is 2. The second kappa shape index (κ2) is 14.2. The van der Waals surface area contributed by atoms with Crippen molar-refractivity contribution < 1.29 is 24.2 Å². The molecule has 4 aromatic carbocycles. The number of benzene rings is 4. The minimum absolute atomic E-state index is 0.117. The average molecular weight is 553 g/mol. The molecule has 1 atom stereocenters. The van der Waals surface area contributed by atoms with Crippen molar-refractivity contribution in [3.8, 4) is 11.5 Å². The van der Waals surface area contributed by atoms with Crippen molar-refractivity contribution in [2.45, 2.75) is 26.1 Å². The number of carbonyl (C=O) groups is 2. The van der Waals surface area contributed by atoms with E-state index in [0.717, 1.165) is 11.1 Å². The summed E-state index contributed by atoms with van der Waals surface area (Å²) in [6.45, 7) is 3.04. The number of anilines is 1. The van der Waals surface area contributed by atoms with Crippen molar-refractivity contribution in [3.63, 3.8) is 0 Å². The molecule has 2 amide bonds. The average Bonchev–Trinajstić information content (AvgIpc) is 2.99. The fraction of sp³-hybridized carbons (Fsp3) is 0.156. The van der Waals surface area contributed by atoms with Crippen LogP contribution in [0.25, 0.3) is 0 Å². The van der Waals surface area contributed by atoms with E-state index in [4.69, 9.17) is 20.3 Å². The van der Waals surface area contributed by atoms with E-state index in [-0.39, 0.29) is 11.7 Å². The Balaban J connectivity index is 1.59. The maximum Gasteiger partial charge on any atom is 0.433 e. The minimum Gasteiger partial charge on any atom is -0.490 e. The van der Waals surface area contributed by atoms with Crippen molar-refractivity contribution >= 4 is 23.5 Å². The first-order chi connectivity index (χ1) is 19.9. The van der Waals surface area contributed by atoms with E-state index in [1.54, 1.807) is 36.4 Å². The SMILES string of the molecule is CCOc1cc(C(Nc2ccc(/C(N)=N/C(=O)O)cc2)C(=O)NCc2ccccc2)ccc1OCc1ccccc1. The lowest BCUT2D eigenvalue weighted by atomic mass is 10.0. The summed E-state index contributed by atoms with van der Waals surface area (Å²) < 4.78 is 11.9. The van der Waals surface area contributed by atoms with Gasteiger partial charge in [0.25, 0.3) is 0 Å². The third kappa shape index (κ3) is 8.34. The Labute approximate surface area is 238 Å². The van der Waals surface area contributed by atoms with Crippen LogP contribution in [-0.2, 0) is 17.9 Å². The first-order valence-electron chi connectivity index (χ1n) is 13.1. The van der Waals surface area contributed by atoms with Gasteiger partial charge in [-0.2, -0.15) is 4.99 Å². The normalized spacial score (nSPS) is 11.8. The fourth-order valence-corrected chi connectivity index (χ4v) is 4.09. The van der Waals surface area contributed by atoms with Gasteiger partial charge in [-0.15, -0.1) is 0 Å². The number of carboxylic acid groups (broad SMARTS) is 1. The summed E-state index contributed by atoms with van der Waals surface area (Å²) in [6.07, 6.45) is -1.37. The number of ether oxygens (including phenoxy) is 2. The van der Waals surface area contributed by atoms with Crippen molar-refractivity contribution in [3.05, 3.63) is 125 Å². The molecule has 9 heteroatoms. The lowest BCUT2D eigenvalue weighted by Gasteiger charge is -2.22. The number of aliphatic imine (C=N–C) groups is 1. The van der Waals surface area contributed by atoms with Crippen LogP contribution >= 0.6 is 0 Å². The molecule has 9 nitrogen and oxygen atoms in total. The second-order valence-electron chi connectivity index (χ2n) is 9.05. The van der Waals surface area contributed by atoms with Crippen molar-refractivity contribution in [2.75, 3.05) is 11.9 Å². The van der Waals surface area contributed by atoms with Crippen molar-refractivity contribution in [1.29, 1.82) is 0 Å². The van der Waals surface area contributed by atoms with Crippen LogP contribution in [-0.4, -0.2) is 29.5 Å². The van der Waals surface area contributed by atoms with Crippen LogP contribution in [0.4, 0.5) is 10.5 Å². The van der Waals surface area contributed by atoms with Crippen LogP contribution in [0, 0.1) is 0 Å². The van der Waals surface area contributed by atoms with Gasteiger partial charge in [-0.05, 0) is 60.0 Å². The zero-order valence-electron chi connectivity index (χ0n) is 22.6. The summed E-state index contributed by atoms with van der Waals surface area (Å²) in [5.41, 5.74) is 9.49. The predicted molar refractivity (Wildman–Crippen MR) is 158 cm³/mol. The van der Waals surface area contributed by atoms with Crippen LogP contribution < -0.4 is 25.8 Å². The highest BCUT2D eigenvalue weighted by molar-refractivity contribution is 6.02. The van der Waals surface area contributed by atoms with Gasteiger partial charge in [-0.3, -0.25) is 4.79 Å². The third-order valence-corrected chi connectivity index (χ3v) is 6.12. The van der Waals surface area contributed by atoms with E-state index in [2.05, 4.69) is 15.6 Å². The van der Waals surface area contributed by atoms with Crippen LogP contribution in [0.15, 0.2) is 108 Å².